The van der Waals surface area contributed by atoms with Gasteiger partial charge in [-0.25, -0.2) is 9.59 Å². The van der Waals surface area contributed by atoms with Crippen molar-refractivity contribution in [1.29, 1.82) is 0 Å². The number of esters is 2. The first-order valence-corrected chi connectivity index (χ1v) is 10.8. The van der Waals surface area contributed by atoms with Crippen LogP contribution in [0.2, 0.25) is 0 Å². The normalized spacial score (nSPS) is 34.8. The van der Waals surface area contributed by atoms with E-state index in [-0.39, 0.29) is 29.0 Å². The lowest BCUT2D eigenvalue weighted by atomic mass is 9.51. The van der Waals surface area contributed by atoms with Crippen LogP contribution in [0.3, 0.4) is 0 Å². The van der Waals surface area contributed by atoms with Crippen LogP contribution in [-0.4, -0.2) is 29.9 Å². The van der Waals surface area contributed by atoms with Crippen LogP contribution in [0.1, 0.15) is 67.7 Å². The Hall–Kier alpha value is -2.17. The van der Waals surface area contributed by atoms with E-state index in [9.17, 15) is 14.4 Å². The number of carbonyl (C=O) groups excluding carboxylic acids is 3. The number of rotatable bonds is 5. The van der Waals surface area contributed by atoms with Crippen LogP contribution in [0.15, 0.2) is 35.5 Å². The van der Waals surface area contributed by atoms with Gasteiger partial charge in [0.1, 0.15) is 18.0 Å². The molecule has 0 unspecified atom stereocenters. The summed E-state index contributed by atoms with van der Waals surface area (Å²) in [4.78, 5) is 37.9. The van der Waals surface area contributed by atoms with E-state index in [4.69, 9.17) is 9.47 Å². The van der Waals surface area contributed by atoms with Crippen LogP contribution >= 0.6 is 0 Å². The quantitative estimate of drug-likeness (QED) is 0.360. The highest BCUT2D eigenvalue weighted by Gasteiger charge is 2.58. The maximum Gasteiger partial charge on any atom is 0.333 e. The largest absolute Gasteiger partial charge is 0.455 e. The van der Waals surface area contributed by atoms with Gasteiger partial charge in [0.15, 0.2) is 0 Å². The highest BCUT2D eigenvalue weighted by Crippen LogP contribution is 2.56. The lowest BCUT2D eigenvalue weighted by Crippen LogP contribution is -2.59. The van der Waals surface area contributed by atoms with Gasteiger partial charge in [-0.3, -0.25) is 4.79 Å². The van der Waals surface area contributed by atoms with Crippen molar-refractivity contribution in [2.24, 2.45) is 23.2 Å². The molecular formula is C25H36O5. The molecule has 2 saturated carbocycles. The number of hydrogen-bond acceptors (Lipinski definition) is 5. The molecule has 0 N–H and O–H groups in total. The summed E-state index contributed by atoms with van der Waals surface area (Å²) >= 11 is 0. The number of hydrogen-bond donors (Lipinski definition) is 0. The van der Waals surface area contributed by atoms with Crippen molar-refractivity contribution < 1.29 is 23.9 Å². The number of carbonyl (C=O) groups is 3. The average molecular weight is 417 g/mol. The van der Waals surface area contributed by atoms with Crippen LogP contribution < -0.4 is 0 Å². The van der Waals surface area contributed by atoms with Gasteiger partial charge in [-0.15, -0.1) is 0 Å². The molecule has 30 heavy (non-hydrogen) atoms. The molecule has 0 radical (unpaired) electrons. The average Bonchev–Trinajstić information content (AvgIpc) is 2.69. The van der Waals surface area contributed by atoms with E-state index < -0.39 is 24.1 Å². The van der Waals surface area contributed by atoms with Gasteiger partial charge in [-0.1, -0.05) is 38.2 Å². The minimum Gasteiger partial charge on any atom is -0.455 e. The minimum absolute atomic E-state index is 0.142. The number of allylic oxidation sites excluding steroid dienone is 2. The molecule has 2 aliphatic carbocycles. The van der Waals surface area contributed by atoms with Crippen molar-refractivity contribution in [1.82, 2.24) is 0 Å². The zero-order chi connectivity index (χ0) is 22.8. The number of ether oxygens (including phenoxy) is 2. The van der Waals surface area contributed by atoms with Gasteiger partial charge in [0.05, 0.1) is 0 Å². The lowest BCUT2D eigenvalue weighted by Gasteiger charge is -2.56. The Morgan fingerprint density at radius 3 is 1.97 bits per heavy atom. The third-order valence-corrected chi connectivity index (χ3v) is 7.36. The van der Waals surface area contributed by atoms with E-state index in [0.29, 0.717) is 24.0 Å². The Labute approximate surface area is 180 Å². The summed E-state index contributed by atoms with van der Waals surface area (Å²) in [5.74, 6) is -0.931. The first-order chi connectivity index (χ1) is 14.0. The maximum atomic E-state index is 12.7. The van der Waals surface area contributed by atoms with Gasteiger partial charge >= 0.3 is 11.9 Å². The van der Waals surface area contributed by atoms with Crippen LogP contribution in [0.25, 0.3) is 0 Å². The molecule has 2 aliphatic rings. The molecule has 2 rings (SSSR count). The summed E-state index contributed by atoms with van der Waals surface area (Å²) in [5.41, 5.74) is 1.65. The molecule has 0 bridgehead atoms. The number of ketones is 1. The molecule has 6 atom stereocenters. The van der Waals surface area contributed by atoms with Gasteiger partial charge < -0.3 is 9.47 Å². The summed E-state index contributed by atoms with van der Waals surface area (Å²) in [6, 6.07) is 0. The number of fused-ring (bicyclic) bond motifs is 1. The highest BCUT2D eigenvalue weighted by atomic mass is 16.6. The summed E-state index contributed by atoms with van der Waals surface area (Å²) in [7, 11) is 0. The molecule has 0 aromatic heterocycles. The molecule has 166 valence electrons. The Balaban J connectivity index is 2.55. The molecule has 5 nitrogen and oxygen atoms in total. The Morgan fingerprint density at radius 1 is 1.00 bits per heavy atom. The Bertz CT molecular complexity index is 789. The van der Waals surface area contributed by atoms with Crippen molar-refractivity contribution >= 4 is 17.7 Å². The van der Waals surface area contributed by atoms with E-state index in [2.05, 4.69) is 20.4 Å². The fraction of sp³-hybridized carbons (Fsp3) is 0.640. The minimum atomic E-state index is -0.701. The van der Waals surface area contributed by atoms with E-state index in [1.807, 2.05) is 6.92 Å². The molecular weight excluding hydrogens is 380 g/mol. The van der Waals surface area contributed by atoms with E-state index in [0.717, 1.165) is 12.0 Å². The molecule has 0 aliphatic heterocycles. The zero-order valence-electron chi connectivity index (χ0n) is 19.4. The first kappa shape index (κ1) is 24.1. The van der Waals surface area contributed by atoms with Gasteiger partial charge in [0, 0.05) is 35.8 Å². The van der Waals surface area contributed by atoms with E-state index >= 15 is 0 Å². The van der Waals surface area contributed by atoms with Crippen LogP contribution in [-0.2, 0) is 23.9 Å². The maximum absolute atomic E-state index is 12.7. The predicted octanol–water partition coefficient (Wildman–Crippen LogP) is 4.96. The molecule has 0 spiro atoms. The summed E-state index contributed by atoms with van der Waals surface area (Å²) in [5, 5.41) is 0. The van der Waals surface area contributed by atoms with Crippen molar-refractivity contribution in [2.75, 3.05) is 0 Å². The summed E-state index contributed by atoms with van der Waals surface area (Å²) in [6.07, 6.45) is 3.61. The second-order valence-electron chi connectivity index (χ2n) is 9.30. The third kappa shape index (κ3) is 4.60. The lowest BCUT2D eigenvalue weighted by molar-refractivity contribution is -0.198. The van der Waals surface area contributed by atoms with Gasteiger partial charge in [0.2, 0.25) is 0 Å². The van der Waals surface area contributed by atoms with E-state index in [1.165, 1.54) is 0 Å². The second kappa shape index (κ2) is 9.32. The van der Waals surface area contributed by atoms with Crippen LogP contribution in [0.5, 0.6) is 0 Å². The van der Waals surface area contributed by atoms with Crippen molar-refractivity contribution in [3.8, 4) is 0 Å². The highest BCUT2D eigenvalue weighted by molar-refractivity contribution is 5.89. The molecule has 5 heteroatoms. The molecule has 0 heterocycles. The first-order valence-electron chi connectivity index (χ1n) is 10.8. The standard InChI is InChI=1S/C25H36O5/c1-9-15(5)23(27)29-21-19(14(3)4)13-25(8)17(7)11-18(26)12-20(25)22(21)30-24(28)16(6)10-2/h9-10,17,19-22H,3,11-13H2,1-2,4-8H3/b15-9+,16-10-/t17-,19+,20-,21+,22+,25+/m0/s1. The third-order valence-electron chi connectivity index (χ3n) is 7.36. The number of Topliss-reactive ketones (excluding diaryl/α,β-unsaturated/α-hetero) is 1. The zero-order valence-corrected chi connectivity index (χ0v) is 19.4. The van der Waals surface area contributed by atoms with Gasteiger partial charge in [0.25, 0.3) is 0 Å². The van der Waals surface area contributed by atoms with E-state index in [1.54, 1.807) is 39.8 Å². The Kier molecular flexibility index (Phi) is 7.49. The Morgan fingerprint density at radius 2 is 1.50 bits per heavy atom. The molecule has 0 saturated heterocycles. The SMILES string of the molecule is C=C(C)[C@H]1C[C@]2(C)[C@@H](C)CC(=O)C[C@H]2[C@@H](OC(=O)/C(C)=C\C)[C@@H]1OC(=O)/C(C)=C/C. The molecule has 2 fully saturated rings. The summed E-state index contributed by atoms with van der Waals surface area (Å²) in [6.45, 7) is 17.3. The predicted molar refractivity (Wildman–Crippen MR) is 117 cm³/mol. The van der Waals surface area contributed by atoms with Crippen LogP contribution in [0, 0.1) is 23.2 Å². The van der Waals surface area contributed by atoms with Gasteiger partial charge in [-0.05, 0) is 52.4 Å². The fourth-order valence-corrected chi connectivity index (χ4v) is 4.82. The van der Waals surface area contributed by atoms with Gasteiger partial charge in [-0.2, -0.15) is 0 Å². The molecule has 0 amide bonds. The topological polar surface area (TPSA) is 69.7 Å². The fourth-order valence-electron chi connectivity index (χ4n) is 4.82. The van der Waals surface area contributed by atoms with Crippen LogP contribution in [0.4, 0.5) is 0 Å². The van der Waals surface area contributed by atoms with Crippen molar-refractivity contribution in [2.45, 2.75) is 79.9 Å². The second-order valence-corrected chi connectivity index (χ2v) is 9.30. The smallest absolute Gasteiger partial charge is 0.333 e. The monoisotopic (exact) mass is 416 g/mol. The van der Waals surface area contributed by atoms with Crippen molar-refractivity contribution in [3.05, 3.63) is 35.5 Å². The molecule has 0 aromatic carbocycles. The summed E-state index contributed by atoms with van der Waals surface area (Å²) < 4.78 is 11.9. The molecule has 0 aromatic rings. The van der Waals surface area contributed by atoms with Crippen molar-refractivity contribution in [3.63, 3.8) is 0 Å².